The molecule has 0 bridgehead atoms. The van der Waals surface area contributed by atoms with Crippen molar-refractivity contribution in [1.82, 2.24) is 15.3 Å². The molecule has 0 amide bonds. The monoisotopic (exact) mass is 378 g/mol. The molecule has 0 unspecified atom stereocenters. The molecule has 1 fully saturated rings. The van der Waals surface area contributed by atoms with E-state index in [1.54, 1.807) is 6.07 Å². The van der Waals surface area contributed by atoms with Crippen LogP contribution in [-0.2, 0) is 6.42 Å². The lowest BCUT2D eigenvalue weighted by Gasteiger charge is -2.22. The van der Waals surface area contributed by atoms with Crippen LogP contribution in [-0.4, -0.2) is 29.2 Å². The molecular formula is C15H18ClF3N4S. The third-order valence-electron chi connectivity index (χ3n) is 3.69. The van der Waals surface area contributed by atoms with Crippen LogP contribution < -0.4 is 10.6 Å². The Hall–Kier alpha value is -1.38. The van der Waals surface area contributed by atoms with Crippen LogP contribution in [0.4, 0.5) is 24.1 Å². The van der Waals surface area contributed by atoms with Gasteiger partial charge in [0.1, 0.15) is 5.82 Å². The van der Waals surface area contributed by atoms with Gasteiger partial charge in [-0.15, -0.1) is 23.7 Å². The van der Waals surface area contributed by atoms with Gasteiger partial charge in [-0.1, -0.05) is 6.07 Å². The zero-order valence-electron chi connectivity index (χ0n) is 12.8. The topological polar surface area (TPSA) is 49.8 Å². The third-order valence-corrected chi connectivity index (χ3v) is 4.60. The molecular weight excluding hydrogens is 361 g/mol. The second-order valence-electron chi connectivity index (χ2n) is 5.52. The fourth-order valence-corrected chi connectivity index (χ4v) is 3.47. The van der Waals surface area contributed by atoms with Gasteiger partial charge in [0.05, 0.1) is 6.42 Å². The standard InChI is InChI=1S/C15H17F3N4S.ClH/c16-15(17,18)8-11-9-20-14(23-11)22-13-3-1-2-12(21-13)10-4-6-19-7-5-10;/h1-3,9-10,19H,4-8H2,(H,20,21,22);1H. The molecule has 1 aliphatic heterocycles. The zero-order chi connectivity index (χ0) is 16.3. The first-order valence-corrected chi connectivity index (χ1v) is 8.27. The van der Waals surface area contributed by atoms with Crippen LogP contribution in [0.2, 0.25) is 0 Å². The number of nitrogens with zero attached hydrogens (tertiary/aromatic N) is 2. The summed E-state index contributed by atoms with van der Waals surface area (Å²) in [5.74, 6) is 1.05. The quantitative estimate of drug-likeness (QED) is 0.834. The van der Waals surface area contributed by atoms with E-state index in [2.05, 4.69) is 20.6 Å². The van der Waals surface area contributed by atoms with Crippen molar-refractivity contribution in [3.05, 3.63) is 35.0 Å². The van der Waals surface area contributed by atoms with Crippen LogP contribution in [0.1, 0.15) is 29.3 Å². The first kappa shape index (κ1) is 19.0. The van der Waals surface area contributed by atoms with E-state index >= 15 is 0 Å². The molecule has 0 spiro atoms. The molecule has 0 saturated carbocycles. The van der Waals surface area contributed by atoms with Gasteiger partial charge in [-0.25, -0.2) is 9.97 Å². The molecule has 0 aromatic carbocycles. The summed E-state index contributed by atoms with van der Waals surface area (Å²) in [6.45, 7) is 1.97. The highest BCUT2D eigenvalue weighted by atomic mass is 35.5. The zero-order valence-corrected chi connectivity index (χ0v) is 14.4. The molecule has 2 aromatic heterocycles. The number of aromatic nitrogens is 2. The van der Waals surface area contributed by atoms with E-state index in [0.717, 1.165) is 43.0 Å². The van der Waals surface area contributed by atoms with Crippen molar-refractivity contribution < 1.29 is 13.2 Å². The number of hydrogen-bond donors (Lipinski definition) is 2. The maximum Gasteiger partial charge on any atom is 0.393 e. The highest BCUT2D eigenvalue weighted by Crippen LogP contribution is 2.29. The van der Waals surface area contributed by atoms with Crippen LogP contribution in [0, 0.1) is 0 Å². The fraction of sp³-hybridized carbons (Fsp3) is 0.467. The van der Waals surface area contributed by atoms with E-state index in [0.29, 0.717) is 16.9 Å². The first-order valence-electron chi connectivity index (χ1n) is 7.46. The van der Waals surface area contributed by atoms with Crippen molar-refractivity contribution in [2.75, 3.05) is 18.4 Å². The largest absolute Gasteiger partial charge is 0.393 e. The Kier molecular flexibility index (Phi) is 6.42. The number of piperidine rings is 1. The fourth-order valence-electron chi connectivity index (χ4n) is 2.62. The molecule has 3 heterocycles. The van der Waals surface area contributed by atoms with Crippen molar-refractivity contribution in [1.29, 1.82) is 0 Å². The van der Waals surface area contributed by atoms with E-state index in [1.165, 1.54) is 6.20 Å². The molecule has 2 N–H and O–H groups in total. The summed E-state index contributed by atoms with van der Waals surface area (Å²) >= 11 is 1.00. The summed E-state index contributed by atoms with van der Waals surface area (Å²) in [4.78, 5) is 8.77. The second kappa shape index (κ2) is 8.13. The van der Waals surface area contributed by atoms with Crippen molar-refractivity contribution in [2.45, 2.75) is 31.4 Å². The normalized spacial score (nSPS) is 15.8. The molecule has 0 aliphatic carbocycles. The number of rotatable bonds is 4. The highest BCUT2D eigenvalue weighted by Gasteiger charge is 2.28. The van der Waals surface area contributed by atoms with E-state index in [4.69, 9.17) is 0 Å². The summed E-state index contributed by atoms with van der Waals surface area (Å²) in [6.07, 6.45) is -1.81. The summed E-state index contributed by atoms with van der Waals surface area (Å²) < 4.78 is 37.1. The van der Waals surface area contributed by atoms with Crippen molar-refractivity contribution in [3.8, 4) is 0 Å². The molecule has 1 saturated heterocycles. The van der Waals surface area contributed by atoms with Crippen molar-refractivity contribution >= 4 is 34.7 Å². The number of anilines is 2. The van der Waals surface area contributed by atoms with Gasteiger partial charge in [0.25, 0.3) is 0 Å². The van der Waals surface area contributed by atoms with E-state index < -0.39 is 12.6 Å². The number of halogens is 4. The molecule has 2 aromatic rings. The molecule has 132 valence electrons. The Balaban J connectivity index is 0.00000208. The summed E-state index contributed by atoms with van der Waals surface area (Å²) in [5, 5.41) is 6.75. The van der Waals surface area contributed by atoms with Crippen LogP contribution in [0.15, 0.2) is 24.4 Å². The SMILES string of the molecule is Cl.FC(F)(F)Cc1cnc(Nc2cccc(C3CCNCC3)n2)s1. The number of hydrogen-bond acceptors (Lipinski definition) is 5. The first-order chi connectivity index (χ1) is 11.0. The number of alkyl halides is 3. The maximum atomic E-state index is 12.4. The van der Waals surface area contributed by atoms with Gasteiger partial charge in [0.15, 0.2) is 5.13 Å². The Labute approximate surface area is 148 Å². The van der Waals surface area contributed by atoms with Gasteiger partial charge in [-0.05, 0) is 38.1 Å². The minimum Gasteiger partial charge on any atom is -0.317 e. The summed E-state index contributed by atoms with van der Waals surface area (Å²) in [5.41, 5.74) is 1.02. The molecule has 24 heavy (non-hydrogen) atoms. The Morgan fingerprint density at radius 3 is 2.71 bits per heavy atom. The highest BCUT2D eigenvalue weighted by molar-refractivity contribution is 7.15. The number of nitrogens with one attached hydrogen (secondary N) is 2. The smallest absolute Gasteiger partial charge is 0.317 e. The van der Waals surface area contributed by atoms with Gasteiger partial charge < -0.3 is 10.6 Å². The van der Waals surface area contributed by atoms with E-state index in [1.807, 2.05) is 12.1 Å². The number of pyridine rings is 1. The molecule has 4 nitrogen and oxygen atoms in total. The molecule has 1 aliphatic rings. The summed E-state index contributed by atoms with van der Waals surface area (Å²) in [7, 11) is 0. The second-order valence-corrected chi connectivity index (χ2v) is 6.64. The number of thiazole rings is 1. The van der Waals surface area contributed by atoms with Crippen LogP contribution >= 0.6 is 23.7 Å². The minimum absolute atomic E-state index is 0. The lowest BCUT2D eigenvalue weighted by Crippen LogP contribution is -2.27. The van der Waals surface area contributed by atoms with Gasteiger partial charge in [-0.3, -0.25) is 0 Å². The Morgan fingerprint density at radius 2 is 2.00 bits per heavy atom. The van der Waals surface area contributed by atoms with Crippen LogP contribution in [0.3, 0.4) is 0 Å². The predicted octanol–water partition coefficient (Wildman–Crippen LogP) is 4.28. The molecule has 9 heteroatoms. The molecule has 0 radical (unpaired) electrons. The van der Waals surface area contributed by atoms with Gasteiger partial charge in [-0.2, -0.15) is 13.2 Å². The van der Waals surface area contributed by atoms with Gasteiger partial charge in [0.2, 0.25) is 0 Å². The van der Waals surface area contributed by atoms with Crippen LogP contribution in [0.5, 0.6) is 0 Å². The lowest BCUT2D eigenvalue weighted by molar-refractivity contribution is -0.126. The minimum atomic E-state index is -4.21. The Bertz CT molecular complexity index is 656. The summed E-state index contributed by atoms with van der Waals surface area (Å²) in [6, 6.07) is 5.71. The van der Waals surface area contributed by atoms with Crippen molar-refractivity contribution in [2.24, 2.45) is 0 Å². The average Bonchev–Trinajstić information content (AvgIpc) is 2.93. The van der Waals surface area contributed by atoms with Crippen LogP contribution in [0.25, 0.3) is 0 Å². The predicted molar refractivity (Wildman–Crippen MR) is 91.5 cm³/mol. The van der Waals surface area contributed by atoms with E-state index in [-0.39, 0.29) is 17.3 Å². The lowest BCUT2D eigenvalue weighted by atomic mass is 9.94. The Morgan fingerprint density at radius 1 is 1.25 bits per heavy atom. The van der Waals surface area contributed by atoms with Gasteiger partial charge >= 0.3 is 6.18 Å². The van der Waals surface area contributed by atoms with E-state index in [9.17, 15) is 13.2 Å². The van der Waals surface area contributed by atoms with Gasteiger partial charge in [0, 0.05) is 22.7 Å². The molecule has 0 atom stereocenters. The van der Waals surface area contributed by atoms with Crippen molar-refractivity contribution in [3.63, 3.8) is 0 Å². The molecule has 3 rings (SSSR count). The average molecular weight is 379 g/mol. The third kappa shape index (κ3) is 5.32. The maximum absolute atomic E-state index is 12.4.